The van der Waals surface area contributed by atoms with Gasteiger partial charge < -0.3 is 5.73 Å². The van der Waals surface area contributed by atoms with Crippen LogP contribution < -0.4 is 5.73 Å². The number of hydrogen-bond acceptors (Lipinski definition) is 5. The van der Waals surface area contributed by atoms with Crippen molar-refractivity contribution in [3.63, 3.8) is 0 Å². The Morgan fingerprint density at radius 2 is 2.18 bits per heavy atom. The van der Waals surface area contributed by atoms with Crippen LogP contribution in [0.2, 0.25) is 0 Å². The molecule has 17 heavy (non-hydrogen) atoms. The van der Waals surface area contributed by atoms with Crippen LogP contribution in [0.5, 0.6) is 0 Å². The summed E-state index contributed by atoms with van der Waals surface area (Å²) in [6.07, 6.45) is 0. The zero-order valence-electron chi connectivity index (χ0n) is 9.12. The third kappa shape index (κ3) is 2.13. The van der Waals surface area contributed by atoms with Gasteiger partial charge in [-0.05, 0) is 13.0 Å². The van der Waals surface area contributed by atoms with Gasteiger partial charge in [-0.1, -0.05) is 12.1 Å². The molecule has 2 rings (SSSR count). The molecule has 0 bridgehead atoms. The molecule has 0 fully saturated rings. The van der Waals surface area contributed by atoms with E-state index in [1.165, 1.54) is 6.07 Å². The zero-order valence-corrected chi connectivity index (χ0v) is 9.12. The van der Waals surface area contributed by atoms with Gasteiger partial charge in [0, 0.05) is 6.07 Å². The average molecular weight is 233 g/mol. The molecule has 1 aromatic heterocycles. The first-order valence-electron chi connectivity index (χ1n) is 5.01. The summed E-state index contributed by atoms with van der Waals surface area (Å²) in [4.78, 5) is 14.5. The van der Waals surface area contributed by atoms with Gasteiger partial charge in [0.1, 0.15) is 5.82 Å². The molecule has 0 spiro atoms. The molecule has 7 heteroatoms. The van der Waals surface area contributed by atoms with Crippen LogP contribution in [-0.2, 0) is 0 Å². The lowest BCUT2D eigenvalue weighted by Gasteiger charge is -1.98. The highest BCUT2D eigenvalue weighted by Crippen LogP contribution is 2.26. The number of hydrogen-bond donors (Lipinski definition) is 2. The average Bonchev–Trinajstić information content (AvgIpc) is 2.78. The first kappa shape index (κ1) is 11.2. The number of aromatic amines is 1. The smallest absolute Gasteiger partial charge is 0.280 e. The number of nitro benzene ring substituents is 1. The molecule has 88 valence electrons. The third-order valence-corrected chi connectivity index (χ3v) is 2.28. The standard InChI is InChI=1S/C10H11N5O2/c1-6(11)9-12-10(14-13-9)7-4-2-3-5-8(7)15(16)17/h2-6H,11H2,1H3,(H,12,13,14). The van der Waals surface area contributed by atoms with E-state index < -0.39 is 4.92 Å². The molecule has 0 aliphatic rings. The van der Waals surface area contributed by atoms with E-state index in [0.717, 1.165) is 0 Å². The fraction of sp³-hybridized carbons (Fsp3) is 0.200. The quantitative estimate of drug-likeness (QED) is 0.614. The first-order valence-corrected chi connectivity index (χ1v) is 5.01. The van der Waals surface area contributed by atoms with Crippen molar-refractivity contribution in [2.24, 2.45) is 5.73 Å². The first-order chi connectivity index (χ1) is 8.09. The lowest BCUT2D eigenvalue weighted by Crippen LogP contribution is -2.06. The van der Waals surface area contributed by atoms with E-state index in [9.17, 15) is 10.1 Å². The SMILES string of the molecule is CC(N)c1nc(-c2ccccc2[N+](=O)[O-])n[nH]1. The van der Waals surface area contributed by atoms with Gasteiger partial charge in [0.2, 0.25) is 0 Å². The molecule has 3 N–H and O–H groups in total. The molecule has 0 radical (unpaired) electrons. The molecule has 0 aliphatic carbocycles. The molecule has 1 heterocycles. The Morgan fingerprint density at radius 3 is 2.76 bits per heavy atom. The predicted octanol–water partition coefficient (Wildman–Crippen LogP) is 1.40. The van der Waals surface area contributed by atoms with Crippen LogP contribution in [0.15, 0.2) is 24.3 Å². The van der Waals surface area contributed by atoms with E-state index in [1.807, 2.05) is 0 Å². The molecule has 0 saturated heterocycles. The monoisotopic (exact) mass is 233 g/mol. The summed E-state index contributed by atoms with van der Waals surface area (Å²) in [5, 5.41) is 17.4. The second-order valence-corrected chi connectivity index (χ2v) is 3.61. The van der Waals surface area contributed by atoms with Gasteiger partial charge in [0.25, 0.3) is 5.69 Å². The Morgan fingerprint density at radius 1 is 1.47 bits per heavy atom. The van der Waals surface area contributed by atoms with E-state index in [-0.39, 0.29) is 17.6 Å². The fourth-order valence-electron chi connectivity index (χ4n) is 1.42. The van der Waals surface area contributed by atoms with Gasteiger partial charge >= 0.3 is 0 Å². The summed E-state index contributed by atoms with van der Waals surface area (Å²) in [7, 11) is 0. The summed E-state index contributed by atoms with van der Waals surface area (Å²) in [5.74, 6) is 0.780. The van der Waals surface area contributed by atoms with Crippen molar-refractivity contribution in [3.8, 4) is 11.4 Å². The van der Waals surface area contributed by atoms with E-state index in [0.29, 0.717) is 11.4 Å². The van der Waals surface area contributed by atoms with Crippen molar-refractivity contribution in [1.29, 1.82) is 0 Å². The van der Waals surface area contributed by atoms with Crippen LogP contribution in [0.3, 0.4) is 0 Å². The molecule has 1 aromatic carbocycles. The molecular formula is C10H11N5O2. The predicted molar refractivity (Wildman–Crippen MR) is 61.1 cm³/mol. The zero-order chi connectivity index (χ0) is 12.4. The molecule has 2 aromatic rings. The molecule has 1 atom stereocenters. The Hall–Kier alpha value is -2.28. The minimum Gasteiger partial charge on any atom is -0.322 e. The van der Waals surface area contributed by atoms with Crippen LogP contribution in [0.4, 0.5) is 5.69 Å². The molecule has 0 aliphatic heterocycles. The maximum Gasteiger partial charge on any atom is 0.280 e. The van der Waals surface area contributed by atoms with Crippen LogP contribution in [-0.4, -0.2) is 20.1 Å². The lowest BCUT2D eigenvalue weighted by molar-refractivity contribution is -0.384. The number of para-hydroxylation sites is 1. The highest BCUT2D eigenvalue weighted by Gasteiger charge is 2.18. The highest BCUT2D eigenvalue weighted by molar-refractivity contribution is 5.67. The van der Waals surface area contributed by atoms with Crippen molar-refractivity contribution in [2.75, 3.05) is 0 Å². The largest absolute Gasteiger partial charge is 0.322 e. The number of nitrogens with zero attached hydrogens (tertiary/aromatic N) is 3. The summed E-state index contributed by atoms with van der Waals surface area (Å²) in [6.45, 7) is 1.75. The Kier molecular flexibility index (Phi) is 2.84. The second kappa shape index (κ2) is 4.30. The third-order valence-electron chi connectivity index (χ3n) is 2.28. The van der Waals surface area contributed by atoms with E-state index in [4.69, 9.17) is 5.73 Å². The number of nitrogens with two attached hydrogens (primary N) is 1. The topological polar surface area (TPSA) is 111 Å². The second-order valence-electron chi connectivity index (χ2n) is 3.61. The maximum absolute atomic E-state index is 10.9. The van der Waals surface area contributed by atoms with Crippen molar-refractivity contribution in [3.05, 3.63) is 40.2 Å². The van der Waals surface area contributed by atoms with E-state index in [1.54, 1.807) is 25.1 Å². The van der Waals surface area contributed by atoms with Gasteiger partial charge in [0.15, 0.2) is 5.82 Å². The molecule has 0 saturated carbocycles. The number of rotatable bonds is 3. The molecule has 0 amide bonds. The van der Waals surface area contributed by atoms with Gasteiger partial charge in [-0.25, -0.2) is 4.98 Å². The number of aromatic nitrogens is 3. The van der Waals surface area contributed by atoms with Gasteiger partial charge in [-0.15, -0.1) is 0 Å². The van der Waals surface area contributed by atoms with Crippen LogP contribution in [0.1, 0.15) is 18.8 Å². The van der Waals surface area contributed by atoms with Crippen molar-refractivity contribution in [1.82, 2.24) is 15.2 Å². The number of benzene rings is 1. The number of H-pyrrole nitrogens is 1. The lowest BCUT2D eigenvalue weighted by atomic mass is 10.2. The van der Waals surface area contributed by atoms with Crippen molar-refractivity contribution in [2.45, 2.75) is 13.0 Å². The highest BCUT2D eigenvalue weighted by atomic mass is 16.6. The van der Waals surface area contributed by atoms with Gasteiger partial charge in [-0.2, -0.15) is 5.10 Å². The summed E-state index contributed by atoms with van der Waals surface area (Å²) in [6, 6.07) is 6.02. The Labute approximate surface area is 96.8 Å². The van der Waals surface area contributed by atoms with Gasteiger partial charge in [-0.3, -0.25) is 15.2 Å². The number of nitro groups is 1. The molecule has 1 unspecified atom stereocenters. The Bertz CT molecular complexity index is 549. The summed E-state index contributed by atoms with van der Waals surface area (Å²) < 4.78 is 0. The molecular weight excluding hydrogens is 222 g/mol. The minimum atomic E-state index is -0.461. The van der Waals surface area contributed by atoms with Crippen LogP contribution in [0, 0.1) is 10.1 Å². The minimum absolute atomic E-state index is 0.0253. The van der Waals surface area contributed by atoms with Crippen molar-refractivity contribution >= 4 is 5.69 Å². The summed E-state index contributed by atoms with van der Waals surface area (Å²) in [5.41, 5.74) is 5.99. The maximum atomic E-state index is 10.9. The number of nitrogens with one attached hydrogen (secondary N) is 1. The van der Waals surface area contributed by atoms with Crippen LogP contribution in [0.25, 0.3) is 11.4 Å². The molecule has 7 nitrogen and oxygen atoms in total. The Balaban J connectivity index is 2.49. The van der Waals surface area contributed by atoms with Crippen molar-refractivity contribution < 1.29 is 4.92 Å². The fourth-order valence-corrected chi connectivity index (χ4v) is 1.42. The summed E-state index contributed by atoms with van der Waals surface area (Å²) >= 11 is 0. The normalized spacial score (nSPS) is 12.4. The van der Waals surface area contributed by atoms with Gasteiger partial charge in [0.05, 0.1) is 16.5 Å². The van der Waals surface area contributed by atoms with Crippen LogP contribution >= 0.6 is 0 Å². The van der Waals surface area contributed by atoms with E-state index >= 15 is 0 Å². The van der Waals surface area contributed by atoms with E-state index in [2.05, 4.69) is 15.2 Å².